The van der Waals surface area contributed by atoms with Crippen LogP contribution in [0.2, 0.25) is 5.02 Å². The van der Waals surface area contributed by atoms with Crippen molar-refractivity contribution in [2.75, 3.05) is 5.32 Å². The second-order valence-electron chi connectivity index (χ2n) is 7.46. The molecule has 4 aromatic rings. The molecule has 7 nitrogen and oxygen atoms in total. The van der Waals surface area contributed by atoms with Gasteiger partial charge in [0.1, 0.15) is 0 Å². The van der Waals surface area contributed by atoms with E-state index in [1.165, 1.54) is 11.8 Å². The SMILES string of the molecule is CCc1ccccc1NC(=O)c1nnn(-c2ccc(Cl)cc2)c1CSc1nc(C)cc(C)n1. The van der Waals surface area contributed by atoms with E-state index in [1.54, 1.807) is 16.8 Å². The maximum absolute atomic E-state index is 13.2. The summed E-state index contributed by atoms with van der Waals surface area (Å²) in [6.45, 7) is 5.92. The summed E-state index contributed by atoms with van der Waals surface area (Å²) in [5.74, 6) is 0.101. The van der Waals surface area contributed by atoms with E-state index >= 15 is 0 Å². The van der Waals surface area contributed by atoms with Gasteiger partial charge in [-0.15, -0.1) is 5.10 Å². The minimum absolute atomic E-state index is 0.257. The Bertz CT molecular complexity index is 1270. The average molecular weight is 479 g/mol. The van der Waals surface area contributed by atoms with Gasteiger partial charge in [-0.1, -0.05) is 53.7 Å². The monoisotopic (exact) mass is 478 g/mol. The topological polar surface area (TPSA) is 85.6 Å². The van der Waals surface area contributed by atoms with Crippen molar-refractivity contribution in [3.8, 4) is 5.69 Å². The number of thioether (sulfide) groups is 1. The van der Waals surface area contributed by atoms with E-state index < -0.39 is 0 Å². The highest BCUT2D eigenvalue weighted by molar-refractivity contribution is 7.98. The minimum atomic E-state index is -0.312. The molecule has 2 heterocycles. The first-order valence-electron chi connectivity index (χ1n) is 10.5. The van der Waals surface area contributed by atoms with Crippen molar-refractivity contribution in [1.82, 2.24) is 25.0 Å². The number of carbonyl (C=O) groups excluding carboxylic acids is 1. The van der Waals surface area contributed by atoms with Gasteiger partial charge >= 0.3 is 0 Å². The summed E-state index contributed by atoms with van der Waals surface area (Å²) in [4.78, 5) is 22.2. The number of aryl methyl sites for hydroxylation is 3. The molecule has 0 spiro atoms. The number of para-hydroxylation sites is 1. The van der Waals surface area contributed by atoms with Gasteiger partial charge in [-0.25, -0.2) is 14.6 Å². The van der Waals surface area contributed by atoms with Crippen LogP contribution in [0.1, 0.15) is 40.1 Å². The lowest BCUT2D eigenvalue weighted by molar-refractivity contribution is 0.102. The Kier molecular flexibility index (Phi) is 7.05. The molecule has 168 valence electrons. The Balaban J connectivity index is 1.68. The van der Waals surface area contributed by atoms with Crippen molar-refractivity contribution in [3.05, 3.63) is 88.0 Å². The third-order valence-corrected chi connectivity index (χ3v) is 6.11. The van der Waals surface area contributed by atoms with Crippen LogP contribution in [-0.4, -0.2) is 30.9 Å². The number of anilines is 1. The highest BCUT2D eigenvalue weighted by atomic mass is 35.5. The van der Waals surface area contributed by atoms with Gasteiger partial charge in [0, 0.05) is 27.9 Å². The number of amides is 1. The van der Waals surface area contributed by atoms with Crippen LogP contribution < -0.4 is 5.32 Å². The average Bonchev–Trinajstić information content (AvgIpc) is 3.22. The molecule has 0 fully saturated rings. The van der Waals surface area contributed by atoms with E-state index in [0.29, 0.717) is 21.6 Å². The summed E-state index contributed by atoms with van der Waals surface area (Å²) in [7, 11) is 0. The number of aromatic nitrogens is 5. The maximum atomic E-state index is 13.2. The molecule has 0 radical (unpaired) electrons. The van der Waals surface area contributed by atoms with Crippen LogP contribution in [0.15, 0.2) is 59.8 Å². The zero-order valence-corrected chi connectivity index (χ0v) is 20.1. The molecule has 4 rings (SSSR count). The van der Waals surface area contributed by atoms with Crippen LogP contribution in [0.3, 0.4) is 0 Å². The summed E-state index contributed by atoms with van der Waals surface area (Å²) in [6, 6.07) is 16.9. The van der Waals surface area contributed by atoms with Crippen LogP contribution in [0.25, 0.3) is 5.69 Å². The molecule has 0 saturated carbocycles. The molecule has 33 heavy (non-hydrogen) atoms. The minimum Gasteiger partial charge on any atom is -0.320 e. The van der Waals surface area contributed by atoms with Gasteiger partial charge in [0.05, 0.1) is 11.4 Å². The zero-order chi connectivity index (χ0) is 23.4. The van der Waals surface area contributed by atoms with Gasteiger partial charge in [0.25, 0.3) is 5.91 Å². The number of halogens is 1. The lowest BCUT2D eigenvalue weighted by Crippen LogP contribution is -2.16. The number of rotatable bonds is 7. The van der Waals surface area contributed by atoms with Gasteiger partial charge in [-0.05, 0) is 62.2 Å². The lowest BCUT2D eigenvalue weighted by Gasteiger charge is -2.11. The largest absolute Gasteiger partial charge is 0.320 e. The molecule has 0 saturated heterocycles. The van der Waals surface area contributed by atoms with Gasteiger partial charge in [-0.3, -0.25) is 4.79 Å². The first kappa shape index (κ1) is 22.9. The van der Waals surface area contributed by atoms with E-state index in [9.17, 15) is 4.79 Å². The number of hydrogen-bond donors (Lipinski definition) is 1. The quantitative estimate of drug-likeness (QED) is 0.281. The van der Waals surface area contributed by atoms with Crippen molar-refractivity contribution in [2.24, 2.45) is 0 Å². The molecule has 0 bridgehead atoms. The number of nitrogens with zero attached hydrogens (tertiary/aromatic N) is 5. The Labute approximate surface area is 201 Å². The van der Waals surface area contributed by atoms with Crippen LogP contribution in [0, 0.1) is 13.8 Å². The molecular formula is C24H23ClN6OS. The summed E-state index contributed by atoms with van der Waals surface area (Å²) >= 11 is 7.49. The fourth-order valence-electron chi connectivity index (χ4n) is 3.42. The van der Waals surface area contributed by atoms with E-state index in [0.717, 1.165) is 34.7 Å². The van der Waals surface area contributed by atoms with E-state index in [2.05, 4.69) is 25.6 Å². The molecule has 0 aliphatic rings. The Hall–Kier alpha value is -3.23. The maximum Gasteiger partial charge on any atom is 0.278 e. The lowest BCUT2D eigenvalue weighted by atomic mass is 10.1. The molecule has 1 amide bonds. The second-order valence-corrected chi connectivity index (χ2v) is 8.84. The molecule has 9 heteroatoms. The third-order valence-electron chi connectivity index (χ3n) is 5.00. The molecule has 0 aliphatic carbocycles. The highest BCUT2D eigenvalue weighted by Crippen LogP contribution is 2.25. The van der Waals surface area contributed by atoms with E-state index in [1.807, 2.05) is 63.2 Å². The van der Waals surface area contributed by atoms with Crippen molar-refractivity contribution >= 4 is 35.0 Å². The van der Waals surface area contributed by atoms with Crippen LogP contribution in [0.4, 0.5) is 5.69 Å². The molecule has 2 aromatic carbocycles. The third kappa shape index (κ3) is 5.40. The van der Waals surface area contributed by atoms with Crippen molar-refractivity contribution in [2.45, 2.75) is 38.1 Å². The highest BCUT2D eigenvalue weighted by Gasteiger charge is 2.22. The predicted molar refractivity (Wildman–Crippen MR) is 131 cm³/mol. The van der Waals surface area contributed by atoms with Crippen molar-refractivity contribution in [3.63, 3.8) is 0 Å². The zero-order valence-electron chi connectivity index (χ0n) is 18.5. The Morgan fingerprint density at radius 3 is 2.45 bits per heavy atom. The van der Waals surface area contributed by atoms with E-state index in [4.69, 9.17) is 11.6 Å². The predicted octanol–water partition coefficient (Wildman–Crippen LogP) is 5.43. The summed E-state index contributed by atoms with van der Waals surface area (Å²) in [6.07, 6.45) is 0.806. The van der Waals surface area contributed by atoms with Gasteiger partial charge < -0.3 is 5.32 Å². The van der Waals surface area contributed by atoms with E-state index in [-0.39, 0.29) is 11.6 Å². The normalized spacial score (nSPS) is 10.9. The summed E-state index contributed by atoms with van der Waals surface area (Å²) in [5.41, 5.74) is 5.27. The molecule has 0 aliphatic heterocycles. The van der Waals surface area contributed by atoms with Crippen LogP contribution in [0.5, 0.6) is 0 Å². The van der Waals surface area contributed by atoms with Crippen molar-refractivity contribution in [1.29, 1.82) is 0 Å². The second kappa shape index (κ2) is 10.1. The first-order valence-corrected chi connectivity index (χ1v) is 11.9. The number of carbonyl (C=O) groups is 1. The number of benzene rings is 2. The van der Waals surface area contributed by atoms with Crippen LogP contribution >= 0.6 is 23.4 Å². The number of nitrogens with one attached hydrogen (secondary N) is 1. The first-order chi connectivity index (χ1) is 15.9. The Morgan fingerprint density at radius 2 is 1.76 bits per heavy atom. The summed E-state index contributed by atoms with van der Waals surface area (Å²) in [5, 5.41) is 12.8. The summed E-state index contributed by atoms with van der Waals surface area (Å²) < 4.78 is 1.66. The van der Waals surface area contributed by atoms with Crippen molar-refractivity contribution < 1.29 is 4.79 Å². The van der Waals surface area contributed by atoms with Gasteiger partial charge in [-0.2, -0.15) is 0 Å². The fourth-order valence-corrected chi connectivity index (χ4v) is 4.49. The number of hydrogen-bond acceptors (Lipinski definition) is 6. The van der Waals surface area contributed by atoms with Gasteiger partial charge in [0.2, 0.25) is 0 Å². The molecular weight excluding hydrogens is 456 g/mol. The smallest absolute Gasteiger partial charge is 0.278 e. The Morgan fingerprint density at radius 1 is 1.06 bits per heavy atom. The molecule has 1 N–H and O–H groups in total. The fraction of sp³-hybridized carbons (Fsp3) is 0.208. The molecule has 0 atom stereocenters. The molecule has 2 aromatic heterocycles. The molecule has 0 unspecified atom stereocenters. The van der Waals surface area contributed by atoms with Crippen LogP contribution in [-0.2, 0) is 12.2 Å². The standard InChI is InChI=1S/C24H23ClN6OS/c1-4-17-7-5-6-8-20(17)28-23(32)22-21(14-33-24-26-15(2)13-16(3)27-24)31(30-29-22)19-11-9-18(25)10-12-19/h5-13H,4,14H2,1-3H3,(H,28,32). The van der Waals surface area contributed by atoms with Gasteiger partial charge in [0.15, 0.2) is 10.9 Å².